The Labute approximate surface area is 192 Å². The van der Waals surface area contributed by atoms with E-state index in [9.17, 15) is 9.59 Å². The molecular weight excluding hydrogens is 420 g/mol. The zero-order chi connectivity index (χ0) is 22.2. The summed E-state index contributed by atoms with van der Waals surface area (Å²) in [5.74, 6) is 0.759. The molecule has 1 aliphatic carbocycles. The van der Waals surface area contributed by atoms with Gasteiger partial charge in [0.1, 0.15) is 10.7 Å². The van der Waals surface area contributed by atoms with Crippen LogP contribution in [0.25, 0.3) is 10.2 Å². The number of hydrogen-bond acceptors (Lipinski definition) is 5. The first-order valence-corrected chi connectivity index (χ1v) is 12.5. The van der Waals surface area contributed by atoms with Crippen LogP contribution in [0.4, 0.5) is 5.69 Å². The number of benzene rings is 1. The average Bonchev–Trinajstić information content (AvgIpc) is 3.17. The predicted molar refractivity (Wildman–Crippen MR) is 130 cm³/mol. The molecule has 7 heteroatoms. The second kappa shape index (κ2) is 8.70. The van der Waals surface area contributed by atoms with Crippen molar-refractivity contribution in [3.63, 3.8) is 0 Å². The van der Waals surface area contributed by atoms with Crippen LogP contribution in [0.15, 0.2) is 29.1 Å². The lowest BCUT2D eigenvalue weighted by Crippen LogP contribution is -2.53. The van der Waals surface area contributed by atoms with Crippen LogP contribution in [0.1, 0.15) is 48.0 Å². The smallest absolute Gasteiger partial charge is 0.259 e. The van der Waals surface area contributed by atoms with E-state index in [0.29, 0.717) is 25.2 Å². The number of thiophene rings is 1. The summed E-state index contributed by atoms with van der Waals surface area (Å²) in [7, 11) is 0. The second-order valence-corrected chi connectivity index (χ2v) is 10.2. The number of carbonyl (C=O) groups excluding carboxylic acids is 1. The van der Waals surface area contributed by atoms with Crippen molar-refractivity contribution in [2.24, 2.45) is 0 Å². The van der Waals surface area contributed by atoms with Crippen LogP contribution in [-0.2, 0) is 24.1 Å². The standard InChI is InChI=1S/C25H30N4O2S/c1-16-7-9-18(10-8-16)29-14-13-28(15-17(29)2)22(30)12-11-21-26-24(31)23-19-5-3-4-6-20(19)32-25(23)27-21/h7-10,17H,3-6,11-15H2,1-2H3,(H,26,27,31)/t17-/m1/s1. The highest BCUT2D eigenvalue weighted by atomic mass is 32.1. The normalized spacial score (nSPS) is 18.8. The Kier molecular flexibility index (Phi) is 5.76. The minimum atomic E-state index is -0.0443. The maximum absolute atomic E-state index is 12.9. The Balaban J connectivity index is 1.23. The van der Waals surface area contributed by atoms with Gasteiger partial charge >= 0.3 is 0 Å². The fourth-order valence-corrected chi connectivity index (χ4v) is 6.30. The van der Waals surface area contributed by atoms with E-state index in [4.69, 9.17) is 4.98 Å². The molecule has 0 bridgehead atoms. The van der Waals surface area contributed by atoms with Crippen molar-refractivity contribution < 1.29 is 4.79 Å². The number of rotatable bonds is 4. The first-order valence-electron chi connectivity index (χ1n) is 11.6. The van der Waals surface area contributed by atoms with E-state index in [1.54, 1.807) is 11.3 Å². The van der Waals surface area contributed by atoms with E-state index >= 15 is 0 Å². The van der Waals surface area contributed by atoms with Crippen molar-refractivity contribution >= 4 is 33.1 Å². The number of aromatic nitrogens is 2. The Morgan fingerprint density at radius 3 is 2.75 bits per heavy atom. The number of hydrogen-bond donors (Lipinski definition) is 1. The lowest BCUT2D eigenvalue weighted by Gasteiger charge is -2.41. The minimum absolute atomic E-state index is 0.0443. The lowest BCUT2D eigenvalue weighted by atomic mass is 9.97. The van der Waals surface area contributed by atoms with Crippen LogP contribution >= 0.6 is 11.3 Å². The van der Waals surface area contributed by atoms with Gasteiger partial charge < -0.3 is 14.8 Å². The van der Waals surface area contributed by atoms with Crippen LogP contribution in [0.2, 0.25) is 0 Å². The van der Waals surface area contributed by atoms with Gasteiger partial charge in [-0.2, -0.15) is 0 Å². The molecule has 32 heavy (non-hydrogen) atoms. The number of H-pyrrole nitrogens is 1. The SMILES string of the molecule is Cc1ccc(N2CCN(C(=O)CCc3nc4sc5c(c4c(=O)[nH]3)CCCC5)C[C@H]2C)cc1. The van der Waals surface area contributed by atoms with E-state index in [1.165, 1.54) is 28.1 Å². The zero-order valence-corrected chi connectivity index (χ0v) is 19.6. The van der Waals surface area contributed by atoms with Gasteiger partial charge in [-0.3, -0.25) is 9.59 Å². The molecule has 3 aromatic rings. The molecule has 2 aliphatic rings. The first-order chi connectivity index (χ1) is 15.5. The van der Waals surface area contributed by atoms with Gasteiger partial charge in [0.15, 0.2) is 0 Å². The first kappa shape index (κ1) is 21.2. The third-order valence-electron chi connectivity index (χ3n) is 6.80. The highest BCUT2D eigenvalue weighted by Crippen LogP contribution is 2.33. The van der Waals surface area contributed by atoms with Crippen LogP contribution < -0.4 is 10.5 Å². The molecule has 1 saturated heterocycles. The van der Waals surface area contributed by atoms with Gasteiger partial charge in [0, 0.05) is 49.1 Å². The Morgan fingerprint density at radius 1 is 1.19 bits per heavy atom. The third-order valence-corrected chi connectivity index (χ3v) is 7.98. The van der Waals surface area contributed by atoms with Crippen LogP contribution in [-0.4, -0.2) is 46.5 Å². The van der Waals surface area contributed by atoms with E-state index < -0.39 is 0 Å². The van der Waals surface area contributed by atoms with Crippen molar-refractivity contribution in [1.29, 1.82) is 0 Å². The van der Waals surface area contributed by atoms with E-state index in [-0.39, 0.29) is 17.5 Å². The summed E-state index contributed by atoms with van der Waals surface area (Å²) < 4.78 is 0. The molecule has 168 valence electrons. The predicted octanol–water partition coefficient (Wildman–Crippen LogP) is 3.84. The highest BCUT2D eigenvalue weighted by molar-refractivity contribution is 7.18. The summed E-state index contributed by atoms with van der Waals surface area (Å²) in [6, 6.07) is 8.85. The molecule has 5 rings (SSSR count). The molecule has 1 aliphatic heterocycles. The van der Waals surface area contributed by atoms with Crippen LogP contribution in [0, 0.1) is 6.92 Å². The van der Waals surface area contributed by atoms with Crippen molar-refractivity contribution in [2.75, 3.05) is 24.5 Å². The van der Waals surface area contributed by atoms with Gasteiger partial charge in [-0.05, 0) is 57.2 Å². The molecule has 0 saturated carbocycles. The van der Waals surface area contributed by atoms with E-state index in [0.717, 1.165) is 42.6 Å². The number of aromatic amines is 1. The number of fused-ring (bicyclic) bond motifs is 3. The highest BCUT2D eigenvalue weighted by Gasteiger charge is 2.27. The Hall–Kier alpha value is -2.67. The molecule has 6 nitrogen and oxygen atoms in total. The monoisotopic (exact) mass is 450 g/mol. The summed E-state index contributed by atoms with van der Waals surface area (Å²) >= 11 is 1.66. The molecule has 3 heterocycles. The second-order valence-electron chi connectivity index (χ2n) is 9.12. The van der Waals surface area contributed by atoms with Crippen molar-refractivity contribution in [1.82, 2.24) is 14.9 Å². The van der Waals surface area contributed by atoms with E-state index in [2.05, 4.69) is 48.0 Å². The summed E-state index contributed by atoms with van der Waals surface area (Å²) in [5, 5.41) is 0.779. The fourth-order valence-electron chi connectivity index (χ4n) is 5.01. The van der Waals surface area contributed by atoms with Gasteiger partial charge in [-0.1, -0.05) is 17.7 Å². The molecule has 1 N–H and O–H groups in total. The molecule has 0 spiro atoms. The number of anilines is 1. The lowest BCUT2D eigenvalue weighted by molar-refractivity contribution is -0.131. The summed E-state index contributed by atoms with van der Waals surface area (Å²) in [6.45, 7) is 6.53. The number of aryl methyl sites for hydroxylation is 4. The summed E-state index contributed by atoms with van der Waals surface area (Å²) in [4.78, 5) is 39.8. The van der Waals surface area contributed by atoms with Crippen LogP contribution in [0.5, 0.6) is 0 Å². The third kappa shape index (κ3) is 4.06. The number of piperazine rings is 1. The largest absolute Gasteiger partial charge is 0.365 e. The Morgan fingerprint density at radius 2 is 1.97 bits per heavy atom. The van der Waals surface area contributed by atoms with Gasteiger partial charge in [0.05, 0.1) is 5.39 Å². The number of amides is 1. The van der Waals surface area contributed by atoms with E-state index in [1.807, 2.05) is 4.90 Å². The molecule has 0 radical (unpaired) electrons. The fraction of sp³-hybridized carbons (Fsp3) is 0.480. The van der Waals surface area contributed by atoms with Gasteiger partial charge in [0.2, 0.25) is 5.91 Å². The molecule has 1 aromatic carbocycles. The van der Waals surface area contributed by atoms with Crippen LogP contribution in [0.3, 0.4) is 0 Å². The van der Waals surface area contributed by atoms with Gasteiger partial charge in [-0.25, -0.2) is 4.98 Å². The van der Waals surface area contributed by atoms with Crippen molar-refractivity contribution in [3.8, 4) is 0 Å². The maximum Gasteiger partial charge on any atom is 0.259 e. The molecule has 1 fully saturated rings. The molecule has 1 atom stereocenters. The average molecular weight is 451 g/mol. The van der Waals surface area contributed by atoms with Crippen molar-refractivity contribution in [2.45, 2.75) is 58.4 Å². The topological polar surface area (TPSA) is 69.3 Å². The van der Waals surface area contributed by atoms with Crippen molar-refractivity contribution in [3.05, 3.63) is 56.4 Å². The molecular formula is C25H30N4O2S. The molecule has 0 unspecified atom stereocenters. The summed E-state index contributed by atoms with van der Waals surface area (Å²) in [5.41, 5.74) is 3.62. The number of nitrogens with one attached hydrogen (secondary N) is 1. The molecule has 2 aromatic heterocycles. The summed E-state index contributed by atoms with van der Waals surface area (Å²) in [6.07, 6.45) is 5.20. The minimum Gasteiger partial charge on any atom is -0.365 e. The number of carbonyl (C=O) groups is 1. The maximum atomic E-state index is 12.9. The zero-order valence-electron chi connectivity index (χ0n) is 18.8. The van der Waals surface area contributed by atoms with Gasteiger partial charge in [-0.15, -0.1) is 11.3 Å². The quantitative estimate of drug-likeness (QED) is 0.656. The number of nitrogens with zero attached hydrogens (tertiary/aromatic N) is 3. The molecule has 1 amide bonds. The Bertz CT molecular complexity index is 1200. The van der Waals surface area contributed by atoms with Gasteiger partial charge in [0.25, 0.3) is 5.56 Å².